The SMILES string of the molecule is CC(C)(C)CCNCCSc1ccc2c(c1)CCC2. The molecule has 0 amide bonds. The van der Waals surface area contributed by atoms with Crippen LogP contribution >= 0.6 is 11.8 Å². The Hall–Kier alpha value is -0.470. The van der Waals surface area contributed by atoms with E-state index in [4.69, 9.17) is 0 Å². The van der Waals surface area contributed by atoms with E-state index in [-0.39, 0.29) is 0 Å². The smallest absolute Gasteiger partial charge is 0.0106 e. The minimum absolute atomic E-state index is 0.445. The number of hydrogen-bond acceptors (Lipinski definition) is 2. The van der Waals surface area contributed by atoms with E-state index in [1.54, 1.807) is 11.1 Å². The van der Waals surface area contributed by atoms with Crippen LogP contribution in [0.3, 0.4) is 0 Å². The first-order chi connectivity index (χ1) is 9.04. The van der Waals surface area contributed by atoms with Crippen molar-refractivity contribution in [3.8, 4) is 0 Å². The Labute approximate surface area is 122 Å². The van der Waals surface area contributed by atoms with Gasteiger partial charge in [0.25, 0.3) is 0 Å². The monoisotopic (exact) mass is 277 g/mol. The van der Waals surface area contributed by atoms with Gasteiger partial charge in [0.1, 0.15) is 0 Å². The summed E-state index contributed by atoms with van der Waals surface area (Å²) >= 11 is 1.98. The lowest BCUT2D eigenvalue weighted by molar-refractivity contribution is 0.369. The number of benzene rings is 1. The predicted octanol–water partition coefficient (Wildman–Crippen LogP) is 4.29. The van der Waals surface area contributed by atoms with E-state index in [0.717, 1.165) is 13.1 Å². The van der Waals surface area contributed by atoms with Crippen LogP contribution in [0.1, 0.15) is 44.7 Å². The van der Waals surface area contributed by atoms with E-state index in [1.165, 1.54) is 36.3 Å². The van der Waals surface area contributed by atoms with E-state index in [9.17, 15) is 0 Å². The molecule has 2 rings (SSSR count). The summed E-state index contributed by atoms with van der Waals surface area (Å²) in [6.07, 6.45) is 5.16. The van der Waals surface area contributed by atoms with Gasteiger partial charge in [-0.1, -0.05) is 26.8 Å². The molecule has 0 atom stereocenters. The van der Waals surface area contributed by atoms with Gasteiger partial charge in [-0.25, -0.2) is 0 Å². The largest absolute Gasteiger partial charge is 0.316 e. The van der Waals surface area contributed by atoms with Crippen molar-refractivity contribution in [1.82, 2.24) is 5.32 Å². The van der Waals surface area contributed by atoms with Crippen LogP contribution in [0.4, 0.5) is 0 Å². The van der Waals surface area contributed by atoms with E-state index in [1.807, 2.05) is 11.8 Å². The normalized spacial score (nSPS) is 14.7. The lowest BCUT2D eigenvalue weighted by atomic mass is 9.92. The summed E-state index contributed by atoms with van der Waals surface area (Å²) in [6, 6.07) is 7.03. The number of fused-ring (bicyclic) bond motifs is 1. The number of hydrogen-bond donors (Lipinski definition) is 1. The molecule has 0 aromatic heterocycles. The standard InChI is InChI=1S/C17H27NS/c1-17(2,3)9-10-18-11-12-19-16-8-7-14-5-4-6-15(14)13-16/h7-8,13,18H,4-6,9-12H2,1-3H3. The quantitative estimate of drug-likeness (QED) is 0.615. The molecule has 0 heterocycles. The Morgan fingerprint density at radius 2 is 1.89 bits per heavy atom. The molecular formula is C17H27NS. The average molecular weight is 277 g/mol. The Balaban J connectivity index is 1.63. The molecule has 1 N–H and O–H groups in total. The summed E-state index contributed by atoms with van der Waals surface area (Å²) in [5.41, 5.74) is 3.61. The van der Waals surface area contributed by atoms with Gasteiger partial charge in [-0.15, -0.1) is 11.8 Å². The minimum atomic E-state index is 0.445. The Morgan fingerprint density at radius 3 is 2.68 bits per heavy atom. The fourth-order valence-electron chi connectivity index (χ4n) is 2.47. The van der Waals surface area contributed by atoms with E-state index >= 15 is 0 Å². The molecule has 0 saturated heterocycles. The zero-order valence-corrected chi connectivity index (χ0v) is 13.4. The fraction of sp³-hybridized carbons (Fsp3) is 0.647. The van der Waals surface area contributed by atoms with Crippen LogP contribution in [0, 0.1) is 5.41 Å². The molecule has 1 nitrogen and oxygen atoms in total. The van der Waals surface area contributed by atoms with Crippen molar-refractivity contribution in [2.24, 2.45) is 5.41 Å². The maximum absolute atomic E-state index is 3.54. The van der Waals surface area contributed by atoms with Gasteiger partial charge in [-0.05, 0) is 60.9 Å². The van der Waals surface area contributed by atoms with Gasteiger partial charge in [0.05, 0.1) is 0 Å². The van der Waals surface area contributed by atoms with Crippen molar-refractivity contribution in [3.63, 3.8) is 0 Å². The highest BCUT2D eigenvalue weighted by Crippen LogP contribution is 2.27. The van der Waals surface area contributed by atoms with Crippen LogP contribution in [0.5, 0.6) is 0 Å². The number of nitrogens with one attached hydrogen (secondary N) is 1. The first kappa shape index (κ1) is 14.9. The van der Waals surface area contributed by atoms with Crippen molar-refractivity contribution in [1.29, 1.82) is 0 Å². The molecule has 0 radical (unpaired) electrons. The van der Waals surface area contributed by atoms with E-state index in [0.29, 0.717) is 5.41 Å². The molecule has 106 valence electrons. The molecular weight excluding hydrogens is 250 g/mol. The first-order valence-electron chi connectivity index (χ1n) is 7.50. The molecule has 2 heteroatoms. The number of aryl methyl sites for hydroxylation is 2. The zero-order valence-electron chi connectivity index (χ0n) is 12.6. The molecule has 1 aromatic carbocycles. The maximum atomic E-state index is 3.54. The average Bonchev–Trinajstić information content (AvgIpc) is 2.79. The van der Waals surface area contributed by atoms with Crippen LogP contribution in [0.25, 0.3) is 0 Å². The highest BCUT2D eigenvalue weighted by molar-refractivity contribution is 7.99. The van der Waals surface area contributed by atoms with E-state index < -0.39 is 0 Å². The van der Waals surface area contributed by atoms with Crippen molar-refractivity contribution in [2.45, 2.75) is 51.3 Å². The maximum Gasteiger partial charge on any atom is 0.0106 e. The lowest BCUT2D eigenvalue weighted by Gasteiger charge is -2.18. The van der Waals surface area contributed by atoms with Gasteiger partial charge < -0.3 is 5.32 Å². The van der Waals surface area contributed by atoms with Crippen LogP contribution in [-0.4, -0.2) is 18.8 Å². The molecule has 1 aliphatic rings. The predicted molar refractivity (Wildman–Crippen MR) is 86.1 cm³/mol. The third kappa shape index (κ3) is 5.19. The molecule has 1 aromatic rings. The molecule has 0 spiro atoms. The summed E-state index contributed by atoms with van der Waals surface area (Å²) in [5, 5.41) is 3.54. The van der Waals surface area contributed by atoms with Gasteiger partial charge >= 0.3 is 0 Å². The second-order valence-corrected chi connectivity index (χ2v) is 7.86. The molecule has 0 unspecified atom stereocenters. The van der Waals surface area contributed by atoms with Crippen LogP contribution in [0.2, 0.25) is 0 Å². The van der Waals surface area contributed by atoms with Gasteiger partial charge in [0.15, 0.2) is 0 Å². The van der Waals surface area contributed by atoms with Crippen molar-refractivity contribution >= 4 is 11.8 Å². The summed E-state index contributed by atoms with van der Waals surface area (Å²) in [6.45, 7) is 9.14. The molecule has 0 saturated carbocycles. The fourth-order valence-corrected chi connectivity index (χ4v) is 3.34. The van der Waals surface area contributed by atoms with Crippen molar-refractivity contribution < 1.29 is 0 Å². The van der Waals surface area contributed by atoms with Crippen LogP contribution in [0.15, 0.2) is 23.1 Å². The van der Waals surface area contributed by atoms with Gasteiger partial charge in [0, 0.05) is 17.2 Å². The highest BCUT2D eigenvalue weighted by atomic mass is 32.2. The highest BCUT2D eigenvalue weighted by Gasteiger charge is 2.11. The summed E-state index contributed by atoms with van der Waals surface area (Å²) < 4.78 is 0. The van der Waals surface area contributed by atoms with Gasteiger partial charge in [-0.2, -0.15) is 0 Å². The van der Waals surface area contributed by atoms with Gasteiger partial charge in [-0.3, -0.25) is 0 Å². The third-order valence-electron chi connectivity index (χ3n) is 3.67. The summed E-state index contributed by atoms with van der Waals surface area (Å²) in [4.78, 5) is 1.44. The van der Waals surface area contributed by atoms with Crippen molar-refractivity contribution in [3.05, 3.63) is 29.3 Å². The lowest BCUT2D eigenvalue weighted by Crippen LogP contribution is -2.22. The van der Waals surface area contributed by atoms with Crippen LogP contribution < -0.4 is 5.32 Å². The first-order valence-corrected chi connectivity index (χ1v) is 8.48. The Bertz CT molecular complexity index is 406. The van der Waals surface area contributed by atoms with Crippen molar-refractivity contribution in [2.75, 3.05) is 18.8 Å². The minimum Gasteiger partial charge on any atom is -0.316 e. The third-order valence-corrected chi connectivity index (χ3v) is 4.66. The molecule has 0 aliphatic heterocycles. The summed E-state index contributed by atoms with van der Waals surface area (Å²) in [5.74, 6) is 1.17. The topological polar surface area (TPSA) is 12.0 Å². The molecule has 0 fully saturated rings. The van der Waals surface area contributed by atoms with Crippen LogP contribution in [-0.2, 0) is 12.8 Å². The second-order valence-electron chi connectivity index (χ2n) is 6.69. The van der Waals surface area contributed by atoms with E-state index in [2.05, 4.69) is 44.3 Å². The number of thioether (sulfide) groups is 1. The molecule has 19 heavy (non-hydrogen) atoms. The number of rotatable bonds is 6. The summed E-state index contributed by atoms with van der Waals surface area (Å²) in [7, 11) is 0. The second kappa shape index (κ2) is 6.81. The molecule has 0 bridgehead atoms. The molecule has 1 aliphatic carbocycles. The van der Waals surface area contributed by atoms with Gasteiger partial charge in [0.2, 0.25) is 0 Å². The Morgan fingerprint density at radius 1 is 1.11 bits per heavy atom. The zero-order chi connectivity index (χ0) is 13.7. The Kier molecular flexibility index (Phi) is 5.35.